The van der Waals surface area contributed by atoms with E-state index in [-0.39, 0.29) is 36.0 Å². The van der Waals surface area contributed by atoms with E-state index >= 15 is 0 Å². The Morgan fingerprint density at radius 3 is 2.89 bits per heavy atom. The molecule has 9 heteroatoms. The maximum absolute atomic E-state index is 13.1. The van der Waals surface area contributed by atoms with Gasteiger partial charge in [0.05, 0.1) is 0 Å². The summed E-state index contributed by atoms with van der Waals surface area (Å²) in [4.78, 5) is 31.9. The van der Waals surface area contributed by atoms with Crippen molar-refractivity contribution in [3.05, 3.63) is 45.5 Å². The van der Waals surface area contributed by atoms with Crippen LogP contribution >= 0.6 is 12.4 Å². The molecule has 1 fully saturated rings. The number of hydrogen-bond donors (Lipinski definition) is 1. The zero-order chi connectivity index (χ0) is 19.0. The molecule has 1 saturated heterocycles. The largest absolute Gasteiger partial charge is 0.337 e. The first-order chi connectivity index (χ1) is 13.1. The number of halogens is 1. The number of nitrogens with zero attached hydrogens (tertiary/aromatic N) is 4. The summed E-state index contributed by atoms with van der Waals surface area (Å²) in [6.07, 6.45) is 1.78. The minimum absolute atomic E-state index is 0. The summed E-state index contributed by atoms with van der Waals surface area (Å²) in [5, 5.41) is 7.30. The van der Waals surface area contributed by atoms with Crippen LogP contribution in [0.5, 0.6) is 0 Å². The molecule has 2 aliphatic heterocycles. The Labute approximate surface area is 169 Å². The third-order valence-corrected chi connectivity index (χ3v) is 5.56. The van der Waals surface area contributed by atoms with Gasteiger partial charge in [-0.2, -0.15) is 4.98 Å². The van der Waals surface area contributed by atoms with Crippen LogP contribution < -0.4 is 10.9 Å². The van der Waals surface area contributed by atoms with Crippen molar-refractivity contribution < 1.29 is 9.32 Å². The first kappa shape index (κ1) is 20.5. The molecular weight excluding hydrogens is 382 g/mol. The number of rotatable bonds is 5. The summed E-state index contributed by atoms with van der Waals surface area (Å²) in [6.45, 7) is 6.98. The van der Waals surface area contributed by atoms with Gasteiger partial charge in [-0.05, 0) is 37.9 Å². The highest BCUT2D eigenvalue weighted by atomic mass is 35.5. The molecule has 1 N–H and O–H groups in total. The van der Waals surface area contributed by atoms with Gasteiger partial charge in [-0.25, -0.2) is 0 Å². The van der Waals surface area contributed by atoms with Crippen LogP contribution in [0.15, 0.2) is 21.5 Å². The SMILES string of the molecule is CCc1noc(CN(CC)C(=O)c2ccc3n(c2=O)C[C@@H]2CNC[C@H]3C2)n1.Cl. The summed E-state index contributed by atoms with van der Waals surface area (Å²) >= 11 is 0. The van der Waals surface area contributed by atoms with Crippen LogP contribution in [0.25, 0.3) is 0 Å². The molecule has 4 heterocycles. The highest BCUT2D eigenvalue weighted by molar-refractivity contribution is 5.93. The van der Waals surface area contributed by atoms with E-state index in [2.05, 4.69) is 15.5 Å². The molecule has 2 aliphatic rings. The Kier molecular flexibility index (Phi) is 6.20. The van der Waals surface area contributed by atoms with Gasteiger partial charge in [0, 0.05) is 37.7 Å². The minimum atomic E-state index is -0.289. The van der Waals surface area contributed by atoms with Gasteiger partial charge in [0.1, 0.15) is 12.1 Å². The second-order valence-electron chi connectivity index (χ2n) is 7.32. The van der Waals surface area contributed by atoms with E-state index in [0.717, 1.165) is 25.2 Å². The van der Waals surface area contributed by atoms with Gasteiger partial charge in [-0.3, -0.25) is 9.59 Å². The van der Waals surface area contributed by atoms with Crippen molar-refractivity contribution in [2.45, 2.75) is 45.7 Å². The number of nitrogens with one attached hydrogen (secondary N) is 1. The summed E-state index contributed by atoms with van der Waals surface area (Å²) in [5.41, 5.74) is 1.06. The lowest BCUT2D eigenvalue weighted by Crippen LogP contribution is -2.46. The lowest BCUT2D eigenvalue weighted by Gasteiger charge is -2.37. The summed E-state index contributed by atoms with van der Waals surface area (Å²) < 4.78 is 7.01. The molecule has 0 saturated carbocycles. The number of carbonyl (C=O) groups is 1. The van der Waals surface area contributed by atoms with E-state index in [4.69, 9.17) is 4.52 Å². The first-order valence-electron chi connectivity index (χ1n) is 9.65. The topological polar surface area (TPSA) is 93.3 Å². The Morgan fingerprint density at radius 1 is 1.36 bits per heavy atom. The molecule has 2 bridgehead atoms. The van der Waals surface area contributed by atoms with E-state index in [1.807, 2.05) is 24.5 Å². The van der Waals surface area contributed by atoms with Gasteiger partial charge in [-0.15, -0.1) is 12.4 Å². The van der Waals surface area contributed by atoms with Crippen molar-refractivity contribution in [3.63, 3.8) is 0 Å². The van der Waals surface area contributed by atoms with Crippen LogP contribution in [-0.4, -0.2) is 45.1 Å². The molecule has 152 valence electrons. The highest BCUT2D eigenvalue weighted by Crippen LogP contribution is 2.31. The van der Waals surface area contributed by atoms with E-state index in [0.29, 0.717) is 43.1 Å². The molecule has 8 nitrogen and oxygen atoms in total. The predicted molar refractivity (Wildman–Crippen MR) is 106 cm³/mol. The van der Waals surface area contributed by atoms with Crippen LogP contribution in [0.3, 0.4) is 0 Å². The van der Waals surface area contributed by atoms with Crippen molar-refractivity contribution in [2.24, 2.45) is 5.92 Å². The average Bonchev–Trinajstić information content (AvgIpc) is 3.14. The van der Waals surface area contributed by atoms with Gasteiger partial charge in [-0.1, -0.05) is 12.1 Å². The quantitative estimate of drug-likeness (QED) is 0.808. The fourth-order valence-electron chi connectivity index (χ4n) is 4.11. The molecule has 0 aromatic carbocycles. The number of carbonyl (C=O) groups excluding carboxylic acids is 1. The van der Waals surface area contributed by atoms with Crippen molar-refractivity contribution in [1.82, 2.24) is 24.9 Å². The van der Waals surface area contributed by atoms with Crippen LogP contribution in [-0.2, 0) is 19.5 Å². The molecule has 0 radical (unpaired) electrons. The summed E-state index contributed by atoms with van der Waals surface area (Å²) in [6, 6.07) is 3.62. The number of aryl methyl sites for hydroxylation is 1. The lowest BCUT2D eigenvalue weighted by atomic mass is 9.84. The molecule has 0 aliphatic carbocycles. The number of amides is 1. The molecule has 0 unspecified atom stereocenters. The van der Waals surface area contributed by atoms with Gasteiger partial charge < -0.3 is 19.3 Å². The van der Waals surface area contributed by atoms with Crippen molar-refractivity contribution in [3.8, 4) is 0 Å². The second kappa shape index (κ2) is 8.45. The molecule has 2 aromatic rings. The number of piperidine rings is 1. The Morgan fingerprint density at radius 2 is 2.18 bits per heavy atom. The van der Waals surface area contributed by atoms with Gasteiger partial charge in [0.2, 0.25) is 5.89 Å². The second-order valence-corrected chi connectivity index (χ2v) is 7.32. The zero-order valence-corrected chi connectivity index (χ0v) is 17.0. The van der Waals surface area contributed by atoms with E-state index in [1.54, 1.807) is 11.0 Å². The smallest absolute Gasteiger partial charge is 0.263 e. The molecule has 2 atom stereocenters. The third-order valence-electron chi connectivity index (χ3n) is 5.56. The van der Waals surface area contributed by atoms with Crippen molar-refractivity contribution >= 4 is 18.3 Å². The molecular formula is C19H26ClN5O3. The van der Waals surface area contributed by atoms with Gasteiger partial charge >= 0.3 is 0 Å². The maximum Gasteiger partial charge on any atom is 0.263 e. The number of hydrogen-bond acceptors (Lipinski definition) is 6. The average molecular weight is 408 g/mol. The first-order valence-corrected chi connectivity index (χ1v) is 9.65. The van der Waals surface area contributed by atoms with Crippen LogP contribution in [0.2, 0.25) is 0 Å². The summed E-state index contributed by atoms with van der Waals surface area (Å²) in [5.74, 6) is 1.51. The van der Waals surface area contributed by atoms with E-state index < -0.39 is 0 Å². The third kappa shape index (κ3) is 3.71. The Bertz CT molecular complexity index is 909. The molecule has 28 heavy (non-hydrogen) atoms. The zero-order valence-electron chi connectivity index (χ0n) is 16.2. The fourth-order valence-corrected chi connectivity index (χ4v) is 4.11. The van der Waals surface area contributed by atoms with Gasteiger partial charge in [0.25, 0.3) is 11.5 Å². The predicted octanol–water partition coefficient (Wildman–Crippen LogP) is 1.58. The van der Waals surface area contributed by atoms with Gasteiger partial charge in [0.15, 0.2) is 5.82 Å². The molecule has 0 spiro atoms. The molecule has 4 rings (SSSR count). The van der Waals surface area contributed by atoms with Crippen LogP contribution in [0.4, 0.5) is 0 Å². The Balaban J connectivity index is 0.00000225. The summed E-state index contributed by atoms with van der Waals surface area (Å²) in [7, 11) is 0. The molecule has 1 amide bonds. The number of fused-ring (bicyclic) bond motifs is 4. The van der Waals surface area contributed by atoms with E-state index in [9.17, 15) is 9.59 Å². The maximum atomic E-state index is 13.1. The normalized spacial score (nSPS) is 20.2. The standard InChI is InChI=1S/C19H25N5O3.ClH/c1-3-16-21-17(27-22-16)11-23(4-2)18(25)14-5-6-15-13-7-12(8-20-9-13)10-24(15)19(14)26;/h5-6,12-13,20H,3-4,7-11H2,1-2H3;1H/t12-,13+;/m0./s1. The van der Waals surface area contributed by atoms with Crippen molar-refractivity contribution in [2.75, 3.05) is 19.6 Å². The van der Waals surface area contributed by atoms with Crippen LogP contribution in [0, 0.1) is 5.92 Å². The number of aromatic nitrogens is 3. The van der Waals surface area contributed by atoms with E-state index in [1.165, 1.54) is 0 Å². The van der Waals surface area contributed by atoms with Crippen LogP contribution in [0.1, 0.15) is 54.0 Å². The highest BCUT2D eigenvalue weighted by Gasteiger charge is 2.32. The fraction of sp³-hybridized carbons (Fsp3) is 0.579. The van der Waals surface area contributed by atoms with Crippen molar-refractivity contribution in [1.29, 1.82) is 0 Å². The number of pyridine rings is 1. The minimum Gasteiger partial charge on any atom is -0.337 e. The lowest BCUT2D eigenvalue weighted by molar-refractivity contribution is 0.0731. The Hall–Kier alpha value is -2.19. The molecule has 2 aromatic heterocycles. The monoisotopic (exact) mass is 407 g/mol.